The van der Waals surface area contributed by atoms with Crippen molar-refractivity contribution >= 4 is 23.4 Å². The van der Waals surface area contributed by atoms with Crippen LogP contribution in [0.3, 0.4) is 0 Å². The molecule has 1 saturated heterocycles. The van der Waals surface area contributed by atoms with Crippen molar-refractivity contribution in [2.75, 3.05) is 31.5 Å². The molecule has 0 saturated carbocycles. The minimum Gasteiger partial charge on any atom is -0.459 e. The standard InChI is InChI=1S/C24H24N4O4/c1-17-7-8-18(15-20(17)26-23(30)21-6-4-14-32-21)24(31)28-12-10-27(11-13-28)22(29)16-19-5-2-3-9-25-19/h2-9,14-15H,10-13,16H2,1H3,(H,26,30). The van der Waals surface area contributed by atoms with Crippen LogP contribution in [0.4, 0.5) is 5.69 Å². The number of nitrogens with one attached hydrogen (secondary N) is 1. The molecule has 8 heteroatoms. The molecule has 2 aromatic heterocycles. The van der Waals surface area contributed by atoms with E-state index < -0.39 is 0 Å². The molecule has 4 rings (SSSR count). The first-order chi connectivity index (χ1) is 15.5. The van der Waals surface area contributed by atoms with Gasteiger partial charge in [-0.1, -0.05) is 12.1 Å². The number of amides is 3. The summed E-state index contributed by atoms with van der Waals surface area (Å²) in [5, 5.41) is 2.79. The number of nitrogens with zero attached hydrogens (tertiary/aromatic N) is 3. The van der Waals surface area contributed by atoms with E-state index in [4.69, 9.17) is 4.42 Å². The number of carbonyl (C=O) groups excluding carboxylic acids is 3. The number of pyridine rings is 1. The Morgan fingerprint density at radius 3 is 2.47 bits per heavy atom. The molecular formula is C24H24N4O4. The molecule has 0 atom stereocenters. The third-order valence-electron chi connectivity index (χ3n) is 5.46. The fourth-order valence-electron chi connectivity index (χ4n) is 3.59. The maximum Gasteiger partial charge on any atom is 0.291 e. The van der Waals surface area contributed by atoms with Gasteiger partial charge in [0.2, 0.25) is 5.91 Å². The van der Waals surface area contributed by atoms with E-state index in [2.05, 4.69) is 10.3 Å². The molecule has 32 heavy (non-hydrogen) atoms. The predicted octanol–water partition coefficient (Wildman–Crippen LogP) is 2.76. The van der Waals surface area contributed by atoms with Gasteiger partial charge in [0, 0.05) is 49.3 Å². The van der Waals surface area contributed by atoms with Gasteiger partial charge >= 0.3 is 0 Å². The summed E-state index contributed by atoms with van der Waals surface area (Å²) in [7, 11) is 0. The molecule has 1 aromatic carbocycles. The third kappa shape index (κ3) is 4.85. The highest BCUT2D eigenvalue weighted by atomic mass is 16.3. The molecule has 0 spiro atoms. The highest BCUT2D eigenvalue weighted by Gasteiger charge is 2.25. The van der Waals surface area contributed by atoms with Gasteiger partial charge in [0.1, 0.15) is 0 Å². The molecule has 1 fully saturated rings. The predicted molar refractivity (Wildman–Crippen MR) is 118 cm³/mol. The van der Waals surface area contributed by atoms with Gasteiger partial charge < -0.3 is 19.5 Å². The Morgan fingerprint density at radius 1 is 1.00 bits per heavy atom. The molecule has 8 nitrogen and oxygen atoms in total. The fourth-order valence-corrected chi connectivity index (χ4v) is 3.59. The first-order valence-electron chi connectivity index (χ1n) is 10.4. The topological polar surface area (TPSA) is 95.8 Å². The summed E-state index contributed by atoms with van der Waals surface area (Å²) in [6.07, 6.45) is 3.36. The van der Waals surface area contributed by atoms with Gasteiger partial charge in [-0.2, -0.15) is 0 Å². The van der Waals surface area contributed by atoms with Gasteiger partial charge in [-0.15, -0.1) is 0 Å². The number of aryl methyl sites for hydroxylation is 1. The highest BCUT2D eigenvalue weighted by molar-refractivity contribution is 6.04. The Kier molecular flexibility index (Phi) is 6.30. The lowest BCUT2D eigenvalue weighted by atomic mass is 10.1. The third-order valence-corrected chi connectivity index (χ3v) is 5.46. The molecule has 0 unspecified atom stereocenters. The number of anilines is 1. The highest BCUT2D eigenvalue weighted by Crippen LogP contribution is 2.20. The van der Waals surface area contributed by atoms with Crippen LogP contribution in [0.1, 0.15) is 32.2 Å². The second-order valence-electron chi connectivity index (χ2n) is 7.63. The fraction of sp³-hybridized carbons (Fsp3) is 0.250. The molecule has 1 N–H and O–H groups in total. The maximum atomic E-state index is 13.0. The quantitative estimate of drug-likeness (QED) is 0.669. The van der Waals surface area contributed by atoms with Crippen LogP contribution in [0.2, 0.25) is 0 Å². The molecular weight excluding hydrogens is 408 g/mol. The maximum absolute atomic E-state index is 13.0. The number of rotatable bonds is 5. The number of aromatic nitrogens is 1. The van der Waals surface area contributed by atoms with Gasteiger partial charge in [-0.3, -0.25) is 19.4 Å². The molecule has 1 aliphatic heterocycles. The van der Waals surface area contributed by atoms with E-state index in [1.807, 2.05) is 25.1 Å². The number of furan rings is 1. The van der Waals surface area contributed by atoms with Gasteiger partial charge in [-0.25, -0.2) is 0 Å². The monoisotopic (exact) mass is 432 g/mol. The van der Waals surface area contributed by atoms with Crippen LogP contribution in [0, 0.1) is 6.92 Å². The van der Waals surface area contributed by atoms with E-state index in [0.29, 0.717) is 37.4 Å². The van der Waals surface area contributed by atoms with E-state index in [1.54, 1.807) is 46.3 Å². The average Bonchev–Trinajstić information content (AvgIpc) is 3.36. The van der Waals surface area contributed by atoms with Gasteiger partial charge in [0.05, 0.1) is 12.7 Å². The molecule has 3 heterocycles. The minimum absolute atomic E-state index is 0.00839. The Hall–Kier alpha value is -3.94. The van der Waals surface area contributed by atoms with Crippen LogP contribution in [0.5, 0.6) is 0 Å². The van der Waals surface area contributed by atoms with Crippen LogP contribution in [0.15, 0.2) is 65.4 Å². The smallest absolute Gasteiger partial charge is 0.291 e. The first-order valence-corrected chi connectivity index (χ1v) is 10.4. The molecule has 164 valence electrons. The minimum atomic E-state index is -0.372. The number of piperazine rings is 1. The van der Waals surface area contributed by atoms with Crippen LogP contribution >= 0.6 is 0 Å². The Balaban J connectivity index is 1.36. The van der Waals surface area contributed by atoms with Crippen molar-refractivity contribution in [1.82, 2.24) is 14.8 Å². The van der Waals surface area contributed by atoms with Crippen LogP contribution < -0.4 is 5.32 Å². The lowest BCUT2D eigenvalue weighted by molar-refractivity contribution is -0.132. The summed E-state index contributed by atoms with van der Waals surface area (Å²) in [6, 6.07) is 14.0. The van der Waals surface area contributed by atoms with E-state index in [9.17, 15) is 14.4 Å². The van der Waals surface area contributed by atoms with Gasteiger partial charge in [0.15, 0.2) is 5.76 Å². The van der Waals surface area contributed by atoms with Crippen molar-refractivity contribution in [3.8, 4) is 0 Å². The van der Waals surface area contributed by atoms with Crippen LogP contribution in [-0.4, -0.2) is 58.7 Å². The molecule has 3 amide bonds. The van der Waals surface area contributed by atoms with Crippen molar-refractivity contribution < 1.29 is 18.8 Å². The van der Waals surface area contributed by atoms with E-state index in [-0.39, 0.29) is 29.9 Å². The number of hydrogen-bond donors (Lipinski definition) is 1. The first kappa shape index (κ1) is 21.3. The SMILES string of the molecule is Cc1ccc(C(=O)N2CCN(C(=O)Cc3ccccn3)CC2)cc1NC(=O)c1ccco1. The van der Waals surface area contributed by atoms with Gasteiger partial charge in [0.25, 0.3) is 11.8 Å². The summed E-state index contributed by atoms with van der Waals surface area (Å²) in [4.78, 5) is 45.6. The second kappa shape index (κ2) is 9.47. The summed E-state index contributed by atoms with van der Waals surface area (Å²) in [5.41, 5.74) is 2.62. The zero-order chi connectivity index (χ0) is 22.5. The van der Waals surface area contributed by atoms with Crippen molar-refractivity contribution in [2.24, 2.45) is 0 Å². The lowest BCUT2D eigenvalue weighted by Crippen LogP contribution is -2.51. The lowest BCUT2D eigenvalue weighted by Gasteiger charge is -2.35. The summed E-state index contributed by atoms with van der Waals surface area (Å²) in [5.74, 6) is -0.292. The van der Waals surface area contributed by atoms with Crippen LogP contribution in [0.25, 0.3) is 0 Å². The van der Waals surface area contributed by atoms with Crippen molar-refractivity contribution in [3.05, 3.63) is 83.6 Å². The molecule has 0 aliphatic carbocycles. The average molecular weight is 432 g/mol. The molecule has 1 aliphatic rings. The summed E-state index contributed by atoms with van der Waals surface area (Å²) in [6.45, 7) is 3.72. The number of benzene rings is 1. The molecule has 3 aromatic rings. The van der Waals surface area contributed by atoms with Crippen molar-refractivity contribution in [2.45, 2.75) is 13.3 Å². The van der Waals surface area contributed by atoms with E-state index >= 15 is 0 Å². The second-order valence-corrected chi connectivity index (χ2v) is 7.63. The van der Waals surface area contributed by atoms with E-state index in [1.165, 1.54) is 6.26 Å². The zero-order valence-electron chi connectivity index (χ0n) is 17.8. The largest absolute Gasteiger partial charge is 0.459 e. The van der Waals surface area contributed by atoms with Crippen LogP contribution in [-0.2, 0) is 11.2 Å². The normalized spacial score (nSPS) is 13.7. The molecule has 0 bridgehead atoms. The zero-order valence-corrected chi connectivity index (χ0v) is 17.8. The van der Waals surface area contributed by atoms with Gasteiger partial charge in [-0.05, 0) is 48.9 Å². The summed E-state index contributed by atoms with van der Waals surface area (Å²) >= 11 is 0. The Labute approximate surface area is 185 Å². The Morgan fingerprint density at radius 2 is 1.78 bits per heavy atom. The number of carbonyl (C=O) groups is 3. The summed E-state index contributed by atoms with van der Waals surface area (Å²) < 4.78 is 5.12. The molecule has 0 radical (unpaired) electrons. The van der Waals surface area contributed by atoms with Crippen molar-refractivity contribution in [1.29, 1.82) is 0 Å². The number of hydrogen-bond acceptors (Lipinski definition) is 5. The van der Waals surface area contributed by atoms with E-state index in [0.717, 1.165) is 11.3 Å². The Bertz CT molecular complexity index is 1100. The van der Waals surface area contributed by atoms with Crippen molar-refractivity contribution in [3.63, 3.8) is 0 Å².